The van der Waals surface area contributed by atoms with Crippen LogP contribution in [0.3, 0.4) is 0 Å². The number of allylic oxidation sites excluding steroid dienone is 1. The summed E-state index contributed by atoms with van der Waals surface area (Å²) in [5, 5.41) is 6.59. The molecule has 0 fully saturated rings. The van der Waals surface area contributed by atoms with Gasteiger partial charge in [-0.15, -0.1) is 0 Å². The van der Waals surface area contributed by atoms with Gasteiger partial charge in [-0.3, -0.25) is 4.99 Å². The van der Waals surface area contributed by atoms with Crippen molar-refractivity contribution < 1.29 is 0 Å². The summed E-state index contributed by atoms with van der Waals surface area (Å²) in [6.07, 6.45) is 6.24. The van der Waals surface area contributed by atoms with Gasteiger partial charge in [0.05, 0.1) is 0 Å². The molecule has 0 saturated carbocycles. The number of guanidine groups is 1. The zero-order valence-electron chi connectivity index (χ0n) is 11.3. The molecule has 0 aliphatic carbocycles. The number of rotatable bonds is 6. The first-order valence-electron chi connectivity index (χ1n) is 6.46. The molecular weight excluding hydrogens is 222 g/mol. The van der Waals surface area contributed by atoms with Gasteiger partial charge in [0.2, 0.25) is 0 Å². The Balaban J connectivity index is 2.20. The summed E-state index contributed by atoms with van der Waals surface area (Å²) >= 11 is 0. The van der Waals surface area contributed by atoms with Crippen LogP contribution >= 0.6 is 0 Å². The number of aliphatic imine (C=N–C) groups is 1. The quantitative estimate of drug-likeness (QED) is 0.349. The van der Waals surface area contributed by atoms with E-state index in [0.717, 1.165) is 31.9 Å². The highest BCUT2D eigenvalue weighted by atomic mass is 15.2. The Labute approximate surface area is 110 Å². The van der Waals surface area contributed by atoms with E-state index in [4.69, 9.17) is 0 Å². The van der Waals surface area contributed by atoms with E-state index in [1.54, 1.807) is 7.05 Å². The molecule has 0 radical (unpaired) electrons. The maximum absolute atomic E-state index is 4.19. The number of hydrogen-bond acceptors (Lipinski definition) is 1. The zero-order chi connectivity index (χ0) is 13.1. The lowest BCUT2D eigenvalue weighted by molar-refractivity contribution is 0.791. The fourth-order valence-corrected chi connectivity index (χ4v) is 1.63. The van der Waals surface area contributed by atoms with E-state index in [0.29, 0.717) is 0 Å². The molecule has 3 nitrogen and oxygen atoms in total. The lowest BCUT2D eigenvalue weighted by Gasteiger charge is -2.11. The Morgan fingerprint density at radius 3 is 2.56 bits per heavy atom. The Morgan fingerprint density at radius 2 is 1.89 bits per heavy atom. The summed E-state index contributed by atoms with van der Waals surface area (Å²) in [5.41, 5.74) is 1.34. The summed E-state index contributed by atoms with van der Waals surface area (Å²) in [4.78, 5) is 4.19. The minimum absolute atomic E-state index is 0.871. The normalized spacial score (nSPS) is 11.8. The molecule has 0 atom stereocenters. The van der Waals surface area contributed by atoms with E-state index in [2.05, 4.69) is 52.0 Å². The van der Waals surface area contributed by atoms with E-state index in [1.165, 1.54) is 5.56 Å². The third-order valence-electron chi connectivity index (χ3n) is 2.61. The molecular formula is C15H23N3. The van der Waals surface area contributed by atoms with Gasteiger partial charge in [-0.05, 0) is 25.3 Å². The number of nitrogens with one attached hydrogen (secondary N) is 2. The average Bonchev–Trinajstić information content (AvgIpc) is 2.42. The van der Waals surface area contributed by atoms with Crippen LogP contribution in [-0.4, -0.2) is 26.1 Å². The second kappa shape index (κ2) is 9.28. The topological polar surface area (TPSA) is 36.4 Å². The fourth-order valence-electron chi connectivity index (χ4n) is 1.63. The molecule has 3 heteroatoms. The van der Waals surface area contributed by atoms with Gasteiger partial charge in [-0.1, -0.05) is 42.5 Å². The molecule has 0 bridgehead atoms. The first-order chi connectivity index (χ1) is 8.86. The van der Waals surface area contributed by atoms with Crippen molar-refractivity contribution in [1.29, 1.82) is 0 Å². The highest BCUT2D eigenvalue weighted by molar-refractivity contribution is 5.79. The summed E-state index contributed by atoms with van der Waals surface area (Å²) < 4.78 is 0. The van der Waals surface area contributed by atoms with Gasteiger partial charge in [0.25, 0.3) is 0 Å². The Morgan fingerprint density at radius 1 is 1.17 bits per heavy atom. The molecule has 1 aromatic carbocycles. The predicted octanol–water partition coefficient (Wildman–Crippen LogP) is 2.36. The highest BCUT2D eigenvalue weighted by Gasteiger charge is 1.96. The molecule has 0 aromatic heterocycles. The Hall–Kier alpha value is -1.77. The van der Waals surface area contributed by atoms with Gasteiger partial charge >= 0.3 is 0 Å². The Kier molecular flexibility index (Phi) is 7.37. The third-order valence-corrected chi connectivity index (χ3v) is 2.61. The van der Waals surface area contributed by atoms with Gasteiger partial charge in [0, 0.05) is 20.1 Å². The van der Waals surface area contributed by atoms with Crippen LogP contribution in [-0.2, 0) is 6.42 Å². The SMILES string of the molecule is CC=CCCNC(=NC)NCCc1ccccc1. The molecule has 98 valence electrons. The van der Waals surface area contributed by atoms with Gasteiger partial charge in [-0.25, -0.2) is 0 Å². The second-order valence-electron chi connectivity index (χ2n) is 4.02. The van der Waals surface area contributed by atoms with Crippen molar-refractivity contribution >= 4 is 5.96 Å². The van der Waals surface area contributed by atoms with E-state index in [-0.39, 0.29) is 0 Å². The number of nitrogens with zero attached hydrogens (tertiary/aromatic N) is 1. The summed E-state index contributed by atoms with van der Waals surface area (Å²) in [5.74, 6) is 0.871. The third kappa shape index (κ3) is 6.09. The van der Waals surface area contributed by atoms with Crippen molar-refractivity contribution in [3.8, 4) is 0 Å². The Bertz CT molecular complexity index is 369. The van der Waals surface area contributed by atoms with Crippen LogP contribution in [0.25, 0.3) is 0 Å². The predicted molar refractivity (Wildman–Crippen MR) is 78.9 cm³/mol. The minimum Gasteiger partial charge on any atom is -0.356 e. The largest absolute Gasteiger partial charge is 0.356 e. The molecule has 0 aliphatic heterocycles. The maximum atomic E-state index is 4.19. The van der Waals surface area contributed by atoms with Crippen molar-refractivity contribution in [2.24, 2.45) is 4.99 Å². The lowest BCUT2D eigenvalue weighted by atomic mass is 10.1. The van der Waals surface area contributed by atoms with Crippen molar-refractivity contribution in [3.63, 3.8) is 0 Å². The van der Waals surface area contributed by atoms with Crippen LogP contribution in [0.1, 0.15) is 18.9 Å². The minimum atomic E-state index is 0.871. The molecule has 18 heavy (non-hydrogen) atoms. The van der Waals surface area contributed by atoms with Crippen molar-refractivity contribution in [3.05, 3.63) is 48.0 Å². The first-order valence-corrected chi connectivity index (χ1v) is 6.46. The van der Waals surface area contributed by atoms with Gasteiger partial charge in [0.1, 0.15) is 0 Å². The van der Waals surface area contributed by atoms with Crippen LogP contribution in [0, 0.1) is 0 Å². The number of benzene rings is 1. The van der Waals surface area contributed by atoms with Crippen molar-refractivity contribution in [2.45, 2.75) is 19.8 Å². The highest BCUT2D eigenvalue weighted by Crippen LogP contribution is 1.97. The van der Waals surface area contributed by atoms with Gasteiger partial charge < -0.3 is 10.6 Å². The van der Waals surface area contributed by atoms with Crippen LogP contribution in [0.15, 0.2) is 47.5 Å². The summed E-state index contributed by atoms with van der Waals surface area (Å²) in [6, 6.07) is 10.5. The molecule has 0 unspecified atom stereocenters. The number of hydrogen-bond donors (Lipinski definition) is 2. The molecule has 0 spiro atoms. The van der Waals surface area contributed by atoms with Crippen LogP contribution in [0.5, 0.6) is 0 Å². The van der Waals surface area contributed by atoms with Crippen LogP contribution < -0.4 is 10.6 Å². The molecule has 1 aromatic rings. The van der Waals surface area contributed by atoms with Crippen LogP contribution in [0.2, 0.25) is 0 Å². The molecule has 0 heterocycles. The summed E-state index contributed by atoms with van der Waals surface area (Å²) in [7, 11) is 1.80. The van der Waals surface area contributed by atoms with Crippen molar-refractivity contribution in [2.75, 3.05) is 20.1 Å². The van der Waals surface area contributed by atoms with Gasteiger partial charge in [-0.2, -0.15) is 0 Å². The smallest absolute Gasteiger partial charge is 0.190 e. The van der Waals surface area contributed by atoms with E-state index < -0.39 is 0 Å². The van der Waals surface area contributed by atoms with E-state index in [9.17, 15) is 0 Å². The van der Waals surface area contributed by atoms with Crippen LogP contribution in [0.4, 0.5) is 0 Å². The molecule has 0 amide bonds. The van der Waals surface area contributed by atoms with E-state index >= 15 is 0 Å². The lowest BCUT2D eigenvalue weighted by Crippen LogP contribution is -2.38. The average molecular weight is 245 g/mol. The maximum Gasteiger partial charge on any atom is 0.190 e. The van der Waals surface area contributed by atoms with Crippen molar-refractivity contribution in [1.82, 2.24) is 10.6 Å². The molecule has 2 N–H and O–H groups in total. The monoisotopic (exact) mass is 245 g/mol. The molecule has 0 saturated heterocycles. The molecule has 0 aliphatic rings. The second-order valence-corrected chi connectivity index (χ2v) is 4.02. The fraction of sp³-hybridized carbons (Fsp3) is 0.400. The zero-order valence-corrected chi connectivity index (χ0v) is 11.3. The molecule has 1 rings (SSSR count). The van der Waals surface area contributed by atoms with Gasteiger partial charge in [0.15, 0.2) is 5.96 Å². The standard InChI is InChI=1S/C15H23N3/c1-3-4-8-12-17-15(16-2)18-13-11-14-9-6-5-7-10-14/h3-7,9-10H,8,11-13H2,1-2H3,(H2,16,17,18). The summed E-state index contributed by atoms with van der Waals surface area (Å²) in [6.45, 7) is 3.84. The first kappa shape index (κ1) is 14.3. The van der Waals surface area contributed by atoms with E-state index in [1.807, 2.05) is 13.0 Å².